The van der Waals surface area contributed by atoms with Crippen LogP contribution in [0.2, 0.25) is 0 Å². The molecule has 1 amide bonds. The van der Waals surface area contributed by atoms with Crippen molar-refractivity contribution in [2.45, 2.75) is 39.3 Å². The van der Waals surface area contributed by atoms with Crippen LogP contribution < -0.4 is 10.6 Å². The van der Waals surface area contributed by atoms with Crippen LogP contribution in [-0.4, -0.2) is 36.4 Å². The first kappa shape index (κ1) is 20.8. The lowest BCUT2D eigenvalue weighted by Crippen LogP contribution is -2.38. The van der Waals surface area contributed by atoms with Gasteiger partial charge in [-0.1, -0.05) is 42.5 Å². The maximum absolute atomic E-state index is 13.7. The van der Waals surface area contributed by atoms with Crippen molar-refractivity contribution in [2.75, 3.05) is 19.6 Å². The van der Waals surface area contributed by atoms with E-state index in [4.69, 9.17) is 0 Å². The van der Waals surface area contributed by atoms with E-state index >= 15 is 0 Å². The van der Waals surface area contributed by atoms with Gasteiger partial charge in [-0.15, -0.1) is 0 Å². The Hall–Kier alpha value is -2.89. The van der Waals surface area contributed by atoms with Crippen LogP contribution in [0.25, 0.3) is 0 Å². The molecule has 0 saturated carbocycles. The summed E-state index contributed by atoms with van der Waals surface area (Å²) in [6.45, 7) is 5.47. The zero-order valence-corrected chi connectivity index (χ0v) is 17.0. The molecule has 29 heavy (non-hydrogen) atoms. The van der Waals surface area contributed by atoms with Crippen LogP contribution >= 0.6 is 0 Å². The number of likely N-dealkylation sites (tertiary alicyclic amines) is 1. The molecule has 1 aliphatic heterocycles. The molecule has 2 N–H and O–H groups in total. The van der Waals surface area contributed by atoms with Crippen LogP contribution in [-0.2, 0) is 24.3 Å². The van der Waals surface area contributed by atoms with Crippen LogP contribution in [0.3, 0.4) is 0 Å². The van der Waals surface area contributed by atoms with Crippen molar-refractivity contribution in [3.63, 3.8) is 0 Å². The van der Waals surface area contributed by atoms with Crippen molar-refractivity contribution in [1.29, 1.82) is 0 Å². The van der Waals surface area contributed by atoms with Crippen LogP contribution in [0.4, 0.5) is 4.39 Å². The molecule has 1 fully saturated rings. The van der Waals surface area contributed by atoms with Gasteiger partial charge in [-0.25, -0.2) is 9.38 Å². The maximum Gasteiger partial charge on any atom is 0.222 e. The van der Waals surface area contributed by atoms with E-state index in [0.717, 1.165) is 36.6 Å². The van der Waals surface area contributed by atoms with Crippen molar-refractivity contribution >= 4 is 11.9 Å². The Morgan fingerprint density at radius 3 is 2.55 bits per heavy atom. The maximum atomic E-state index is 13.7. The Bertz CT molecular complexity index is 835. The third-order valence-corrected chi connectivity index (χ3v) is 4.98. The molecule has 1 heterocycles. The summed E-state index contributed by atoms with van der Waals surface area (Å²) in [5.41, 5.74) is 2.94. The highest BCUT2D eigenvalue weighted by molar-refractivity contribution is 5.79. The fourth-order valence-electron chi connectivity index (χ4n) is 3.37. The van der Waals surface area contributed by atoms with Crippen molar-refractivity contribution in [2.24, 2.45) is 4.99 Å². The van der Waals surface area contributed by atoms with Crippen molar-refractivity contribution in [1.82, 2.24) is 15.5 Å². The molecule has 0 aromatic heterocycles. The summed E-state index contributed by atoms with van der Waals surface area (Å²) >= 11 is 0. The minimum absolute atomic E-state index is 0.174. The van der Waals surface area contributed by atoms with E-state index in [1.807, 2.05) is 17.9 Å². The van der Waals surface area contributed by atoms with E-state index in [0.29, 0.717) is 38.0 Å². The summed E-state index contributed by atoms with van der Waals surface area (Å²) in [5.74, 6) is 0.790. The van der Waals surface area contributed by atoms with E-state index in [2.05, 4.69) is 39.9 Å². The molecule has 0 spiro atoms. The molecule has 1 saturated heterocycles. The van der Waals surface area contributed by atoms with Gasteiger partial charge in [0.2, 0.25) is 5.91 Å². The minimum Gasteiger partial charge on any atom is -0.357 e. The molecule has 0 atom stereocenters. The number of hydrogen-bond acceptors (Lipinski definition) is 2. The van der Waals surface area contributed by atoms with Gasteiger partial charge in [-0.05, 0) is 42.5 Å². The number of nitrogens with one attached hydrogen (secondary N) is 2. The number of benzene rings is 2. The number of carbonyl (C=O) groups excluding carboxylic acids is 1. The first-order chi connectivity index (χ1) is 14.2. The third-order valence-electron chi connectivity index (χ3n) is 4.98. The lowest BCUT2D eigenvalue weighted by atomic mass is 10.1. The number of rotatable bonds is 8. The summed E-state index contributed by atoms with van der Waals surface area (Å²) in [4.78, 5) is 18.3. The molecule has 0 radical (unpaired) electrons. The van der Waals surface area contributed by atoms with E-state index in [1.165, 1.54) is 6.07 Å². The highest BCUT2D eigenvalue weighted by Crippen LogP contribution is 2.15. The molecule has 2 aromatic rings. The number of halogens is 1. The van der Waals surface area contributed by atoms with Gasteiger partial charge in [-0.2, -0.15) is 0 Å². The Kier molecular flexibility index (Phi) is 7.61. The monoisotopic (exact) mass is 396 g/mol. The second-order valence-corrected chi connectivity index (χ2v) is 7.20. The second-order valence-electron chi connectivity index (χ2n) is 7.20. The van der Waals surface area contributed by atoms with Gasteiger partial charge in [0.1, 0.15) is 5.82 Å². The largest absolute Gasteiger partial charge is 0.357 e. The highest BCUT2D eigenvalue weighted by Gasteiger charge is 2.19. The van der Waals surface area contributed by atoms with Crippen LogP contribution in [0.1, 0.15) is 36.5 Å². The van der Waals surface area contributed by atoms with Crippen LogP contribution in [0.15, 0.2) is 53.5 Å². The molecule has 1 aliphatic rings. The SMILES string of the molecule is CCNC(=NCc1ccc(CN2CCCC2=O)cc1)NCCc1ccccc1F. The number of amides is 1. The average Bonchev–Trinajstić information content (AvgIpc) is 3.13. The number of carbonyl (C=O) groups is 1. The predicted molar refractivity (Wildman–Crippen MR) is 114 cm³/mol. The minimum atomic E-state index is -0.174. The molecule has 3 rings (SSSR count). The standard InChI is InChI=1S/C23H29FN4O/c1-2-25-23(26-14-13-20-6-3-4-7-21(20)24)27-16-18-9-11-19(12-10-18)17-28-15-5-8-22(28)29/h3-4,6-7,9-12H,2,5,8,13-17H2,1H3,(H2,25,26,27). The fourth-order valence-corrected chi connectivity index (χ4v) is 3.37. The molecule has 0 aliphatic carbocycles. The molecular formula is C23H29FN4O. The van der Waals surface area contributed by atoms with Gasteiger partial charge in [-0.3, -0.25) is 4.79 Å². The van der Waals surface area contributed by atoms with Gasteiger partial charge < -0.3 is 15.5 Å². The lowest BCUT2D eigenvalue weighted by molar-refractivity contribution is -0.128. The lowest BCUT2D eigenvalue weighted by Gasteiger charge is -2.15. The number of guanidine groups is 1. The van der Waals surface area contributed by atoms with Crippen LogP contribution in [0, 0.1) is 5.82 Å². The Morgan fingerprint density at radius 1 is 1.10 bits per heavy atom. The molecule has 0 bridgehead atoms. The summed E-state index contributed by atoms with van der Waals surface area (Å²) < 4.78 is 13.7. The van der Waals surface area contributed by atoms with Gasteiger partial charge in [0.15, 0.2) is 5.96 Å². The zero-order chi connectivity index (χ0) is 20.5. The normalized spacial score (nSPS) is 14.3. The fraction of sp³-hybridized carbons (Fsp3) is 0.391. The Morgan fingerprint density at radius 2 is 1.86 bits per heavy atom. The first-order valence-electron chi connectivity index (χ1n) is 10.3. The summed E-state index contributed by atoms with van der Waals surface area (Å²) in [7, 11) is 0. The zero-order valence-electron chi connectivity index (χ0n) is 17.0. The molecular weight excluding hydrogens is 367 g/mol. The van der Waals surface area contributed by atoms with Gasteiger partial charge in [0.25, 0.3) is 0 Å². The molecule has 5 nitrogen and oxygen atoms in total. The van der Waals surface area contributed by atoms with Crippen LogP contribution in [0.5, 0.6) is 0 Å². The van der Waals surface area contributed by atoms with E-state index < -0.39 is 0 Å². The number of aliphatic imine (C=N–C) groups is 1. The molecule has 154 valence electrons. The molecule has 2 aromatic carbocycles. The van der Waals surface area contributed by atoms with Gasteiger partial charge in [0.05, 0.1) is 6.54 Å². The van der Waals surface area contributed by atoms with E-state index in [9.17, 15) is 9.18 Å². The summed E-state index contributed by atoms with van der Waals surface area (Å²) in [5, 5.41) is 6.48. The highest BCUT2D eigenvalue weighted by atomic mass is 19.1. The summed E-state index contributed by atoms with van der Waals surface area (Å²) in [6.07, 6.45) is 2.23. The predicted octanol–water partition coefficient (Wildman–Crippen LogP) is 3.25. The molecule has 6 heteroatoms. The van der Waals surface area contributed by atoms with Gasteiger partial charge in [0, 0.05) is 32.6 Å². The first-order valence-corrected chi connectivity index (χ1v) is 10.3. The summed E-state index contributed by atoms with van der Waals surface area (Å²) in [6, 6.07) is 15.1. The van der Waals surface area contributed by atoms with E-state index in [-0.39, 0.29) is 11.7 Å². The Balaban J connectivity index is 1.51. The third kappa shape index (κ3) is 6.31. The average molecular weight is 397 g/mol. The van der Waals surface area contributed by atoms with Crippen molar-refractivity contribution in [3.8, 4) is 0 Å². The smallest absolute Gasteiger partial charge is 0.222 e. The van der Waals surface area contributed by atoms with Gasteiger partial charge >= 0.3 is 0 Å². The quantitative estimate of drug-likeness (QED) is 0.532. The number of hydrogen-bond donors (Lipinski definition) is 2. The number of nitrogens with zero attached hydrogens (tertiary/aromatic N) is 2. The van der Waals surface area contributed by atoms with E-state index in [1.54, 1.807) is 12.1 Å². The topological polar surface area (TPSA) is 56.7 Å². The van der Waals surface area contributed by atoms with Crippen molar-refractivity contribution < 1.29 is 9.18 Å². The van der Waals surface area contributed by atoms with Crippen molar-refractivity contribution in [3.05, 3.63) is 71.0 Å². The second kappa shape index (κ2) is 10.6. The molecule has 0 unspecified atom stereocenters. The Labute approximate surface area is 172 Å².